The largest absolute Gasteiger partial charge is 0.482 e. The number of oxazole rings is 1. The van der Waals surface area contributed by atoms with Crippen LogP contribution in [0.3, 0.4) is 0 Å². The zero-order valence-electron chi connectivity index (χ0n) is 16.3. The molecule has 150 valence electrons. The SMILES string of the molecule is Cc1ncoc1COc1cc2c(cc1F)C[C@@H](C=O)N(C(=O)OC(C)(C)C)C2. The summed E-state index contributed by atoms with van der Waals surface area (Å²) in [5.41, 5.74) is 1.35. The summed E-state index contributed by atoms with van der Waals surface area (Å²) in [6.45, 7) is 7.20. The summed E-state index contributed by atoms with van der Waals surface area (Å²) >= 11 is 0. The van der Waals surface area contributed by atoms with E-state index in [1.807, 2.05) is 0 Å². The Bertz CT molecular complexity index is 887. The van der Waals surface area contributed by atoms with Crippen molar-refractivity contribution in [2.45, 2.75) is 58.9 Å². The highest BCUT2D eigenvalue weighted by Crippen LogP contribution is 2.30. The van der Waals surface area contributed by atoms with E-state index in [0.717, 1.165) is 0 Å². The number of aldehydes is 1. The highest BCUT2D eigenvalue weighted by atomic mass is 19.1. The van der Waals surface area contributed by atoms with Gasteiger partial charge in [0.15, 0.2) is 23.7 Å². The molecule has 0 spiro atoms. The van der Waals surface area contributed by atoms with Crippen LogP contribution < -0.4 is 4.74 Å². The van der Waals surface area contributed by atoms with Crippen LogP contribution in [0.25, 0.3) is 0 Å². The van der Waals surface area contributed by atoms with Crippen LogP contribution in [0.5, 0.6) is 5.75 Å². The lowest BCUT2D eigenvalue weighted by molar-refractivity contribution is -0.113. The van der Waals surface area contributed by atoms with Crippen LogP contribution in [0.15, 0.2) is 22.9 Å². The number of aromatic nitrogens is 1. The molecule has 1 amide bonds. The standard InChI is InChI=1S/C20H23FN2O5/c1-12-18(27-11-22-12)10-26-17-7-14-8-23(19(25)28-20(2,3)4)15(9-24)5-13(14)6-16(17)21/h6-7,9,11,15H,5,8,10H2,1-4H3/t15-/m0/s1. The van der Waals surface area contributed by atoms with E-state index in [9.17, 15) is 14.0 Å². The van der Waals surface area contributed by atoms with Crippen LogP contribution in [-0.4, -0.2) is 33.9 Å². The molecular formula is C20H23FN2O5. The molecule has 0 aliphatic carbocycles. The molecule has 0 bridgehead atoms. The molecule has 0 saturated carbocycles. The normalized spacial score (nSPS) is 16.5. The van der Waals surface area contributed by atoms with Crippen molar-refractivity contribution in [2.75, 3.05) is 0 Å². The fourth-order valence-corrected chi connectivity index (χ4v) is 2.97. The number of nitrogens with zero attached hydrogens (tertiary/aromatic N) is 2. The molecule has 1 aliphatic rings. The molecule has 0 radical (unpaired) electrons. The van der Waals surface area contributed by atoms with Gasteiger partial charge in [-0.2, -0.15) is 0 Å². The first-order valence-electron chi connectivity index (χ1n) is 8.96. The fourth-order valence-electron chi connectivity index (χ4n) is 2.97. The number of fused-ring (bicyclic) bond motifs is 1. The maximum atomic E-state index is 14.5. The number of carbonyl (C=O) groups excluding carboxylic acids is 2. The van der Waals surface area contributed by atoms with Crippen molar-refractivity contribution < 1.29 is 27.9 Å². The van der Waals surface area contributed by atoms with Gasteiger partial charge in [-0.1, -0.05) is 0 Å². The van der Waals surface area contributed by atoms with E-state index in [-0.39, 0.29) is 25.3 Å². The second-order valence-corrected chi connectivity index (χ2v) is 7.72. The summed E-state index contributed by atoms with van der Waals surface area (Å²) < 4.78 is 30.6. The Hall–Kier alpha value is -2.90. The first kappa shape index (κ1) is 19.9. The van der Waals surface area contributed by atoms with Crippen molar-refractivity contribution in [3.63, 3.8) is 0 Å². The van der Waals surface area contributed by atoms with Gasteiger partial charge in [0, 0.05) is 6.42 Å². The summed E-state index contributed by atoms with van der Waals surface area (Å²) in [5.74, 6) is 0.0167. The minimum atomic E-state index is -0.703. The number of hydrogen-bond donors (Lipinski definition) is 0. The predicted octanol–water partition coefficient (Wildman–Crippen LogP) is 3.56. The number of benzene rings is 1. The highest BCUT2D eigenvalue weighted by Gasteiger charge is 2.33. The quantitative estimate of drug-likeness (QED) is 0.743. The topological polar surface area (TPSA) is 81.9 Å². The molecule has 0 unspecified atom stereocenters. The third-order valence-electron chi connectivity index (χ3n) is 4.41. The second kappa shape index (κ2) is 7.61. The number of ether oxygens (including phenoxy) is 2. The molecule has 1 aliphatic heterocycles. The average Bonchev–Trinajstić information content (AvgIpc) is 3.02. The lowest BCUT2D eigenvalue weighted by atomic mass is 9.94. The molecule has 7 nitrogen and oxygen atoms in total. The van der Waals surface area contributed by atoms with E-state index in [2.05, 4.69) is 4.98 Å². The Kier molecular flexibility index (Phi) is 5.40. The molecule has 28 heavy (non-hydrogen) atoms. The molecule has 0 saturated heterocycles. The molecule has 1 aromatic carbocycles. The summed E-state index contributed by atoms with van der Waals surface area (Å²) in [5, 5.41) is 0. The first-order chi connectivity index (χ1) is 13.2. The van der Waals surface area contributed by atoms with Crippen LogP contribution in [0, 0.1) is 12.7 Å². The number of carbonyl (C=O) groups is 2. The van der Waals surface area contributed by atoms with Gasteiger partial charge in [-0.3, -0.25) is 4.90 Å². The van der Waals surface area contributed by atoms with Gasteiger partial charge in [-0.05, 0) is 51.0 Å². The van der Waals surface area contributed by atoms with Crippen molar-refractivity contribution >= 4 is 12.4 Å². The Labute approximate surface area is 162 Å². The first-order valence-corrected chi connectivity index (χ1v) is 8.96. The summed E-state index contributed by atoms with van der Waals surface area (Å²) in [6.07, 6.45) is 1.62. The Balaban J connectivity index is 1.81. The van der Waals surface area contributed by atoms with Gasteiger partial charge in [-0.15, -0.1) is 0 Å². The summed E-state index contributed by atoms with van der Waals surface area (Å²) in [6, 6.07) is 2.20. The Morgan fingerprint density at radius 3 is 2.75 bits per heavy atom. The third-order valence-corrected chi connectivity index (χ3v) is 4.41. The molecule has 8 heteroatoms. The lowest BCUT2D eigenvalue weighted by Crippen LogP contribution is -2.47. The van der Waals surface area contributed by atoms with Gasteiger partial charge in [0.25, 0.3) is 0 Å². The van der Waals surface area contributed by atoms with Crippen molar-refractivity contribution in [1.29, 1.82) is 0 Å². The number of amides is 1. The van der Waals surface area contributed by atoms with E-state index in [0.29, 0.717) is 28.9 Å². The lowest BCUT2D eigenvalue weighted by Gasteiger charge is -2.35. The van der Waals surface area contributed by atoms with E-state index in [4.69, 9.17) is 13.9 Å². The minimum Gasteiger partial charge on any atom is -0.482 e. The average molecular weight is 390 g/mol. The molecule has 0 N–H and O–H groups in total. The zero-order chi connectivity index (χ0) is 20.5. The monoisotopic (exact) mass is 390 g/mol. The molecule has 3 rings (SSSR count). The number of hydrogen-bond acceptors (Lipinski definition) is 6. The Morgan fingerprint density at radius 1 is 1.39 bits per heavy atom. The second-order valence-electron chi connectivity index (χ2n) is 7.72. The van der Waals surface area contributed by atoms with Crippen LogP contribution in [0.2, 0.25) is 0 Å². The predicted molar refractivity (Wildman–Crippen MR) is 97.3 cm³/mol. The van der Waals surface area contributed by atoms with Crippen molar-refractivity contribution in [3.8, 4) is 5.75 Å². The number of aryl methyl sites for hydroxylation is 1. The van der Waals surface area contributed by atoms with Crippen LogP contribution in [0.4, 0.5) is 9.18 Å². The smallest absolute Gasteiger partial charge is 0.411 e. The van der Waals surface area contributed by atoms with E-state index in [1.165, 1.54) is 17.4 Å². The van der Waals surface area contributed by atoms with Gasteiger partial charge in [0.2, 0.25) is 0 Å². The maximum absolute atomic E-state index is 14.5. The van der Waals surface area contributed by atoms with Crippen LogP contribution in [-0.2, 0) is 29.1 Å². The van der Waals surface area contributed by atoms with Crippen LogP contribution >= 0.6 is 0 Å². The number of halogens is 1. The zero-order valence-corrected chi connectivity index (χ0v) is 16.3. The van der Waals surface area contributed by atoms with Crippen molar-refractivity contribution in [1.82, 2.24) is 9.88 Å². The molecule has 1 atom stereocenters. The van der Waals surface area contributed by atoms with Gasteiger partial charge in [-0.25, -0.2) is 14.2 Å². The van der Waals surface area contributed by atoms with E-state index >= 15 is 0 Å². The number of rotatable bonds is 4. The molecule has 1 aromatic heterocycles. The summed E-state index contributed by atoms with van der Waals surface area (Å²) in [4.78, 5) is 29.3. The van der Waals surface area contributed by atoms with Gasteiger partial charge >= 0.3 is 6.09 Å². The molecule has 0 fully saturated rings. The fraction of sp³-hybridized carbons (Fsp3) is 0.450. The third kappa shape index (κ3) is 4.32. The van der Waals surface area contributed by atoms with Gasteiger partial charge in [0.1, 0.15) is 18.5 Å². The highest BCUT2D eigenvalue weighted by molar-refractivity contribution is 5.75. The molecule has 2 heterocycles. The van der Waals surface area contributed by atoms with E-state index in [1.54, 1.807) is 33.8 Å². The van der Waals surface area contributed by atoms with Gasteiger partial charge in [0.05, 0.1) is 18.3 Å². The summed E-state index contributed by atoms with van der Waals surface area (Å²) in [7, 11) is 0. The van der Waals surface area contributed by atoms with Crippen LogP contribution in [0.1, 0.15) is 43.4 Å². The molecule has 2 aromatic rings. The Morgan fingerprint density at radius 2 is 2.14 bits per heavy atom. The van der Waals surface area contributed by atoms with Crippen molar-refractivity contribution in [3.05, 3.63) is 46.9 Å². The van der Waals surface area contributed by atoms with Gasteiger partial charge < -0.3 is 18.7 Å². The minimum absolute atomic E-state index is 0.0360. The maximum Gasteiger partial charge on any atom is 0.411 e. The van der Waals surface area contributed by atoms with Crippen molar-refractivity contribution in [2.24, 2.45) is 0 Å². The van der Waals surface area contributed by atoms with E-state index < -0.39 is 23.6 Å². The molecular weight excluding hydrogens is 367 g/mol.